The molecule has 20 heavy (non-hydrogen) atoms. The summed E-state index contributed by atoms with van der Waals surface area (Å²) in [7, 11) is -4.69. The lowest BCUT2D eigenvalue weighted by Gasteiger charge is -2.21. The van der Waals surface area contributed by atoms with Gasteiger partial charge >= 0.3 is 13.5 Å². The molecule has 2 unspecified atom stereocenters. The molecule has 0 aliphatic rings. The summed E-state index contributed by atoms with van der Waals surface area (Å²) < 4.78 is 16.2. The van der Waals surface area contributed by atoms with Gasteiger partial charge in [0.25, 0.3) is 5.56 Å². The first-order valence-corrected chi connectivity index (χ1v) is 7.33. The highest BCUT2D eigenvalue weighted by molar-refractivity contribution is 7.46. The molecule has 1 rings (SSSR count). The van der Waals surface area contributed by atoms with E-state index in [1.807, 2.05) is 0 Å². The van der Waals surface area contributed by atoms with Crippen LogP contribution in [0.25, 0.3) is 0 Å². The Balaban J connectivity index is 3.10. The molecular formula is C10H17N2O7P. The molecule has 0 fully saturated rings. The van der Waals surface area contributed by atoms with Gasteiger partial charge in [-0.05, 0) is 20.3 Å². The van der Waals surface area contributed by atoms with Crippen molar-refractivity contribution in [3.8, 4) is 0 Å². The Labute approximate surface area is 114 Å². The average molecular weight is 308 g/mol. The Morgan fingerprint density at radius 2 is 2.05 bits per heavy atom. The van der Waals surface area contributed by atoms with Gasteiger partial charge in [-0.25, -0.2) is 9.36 Å². The first-order valence-electron chi connectivity index (χ1n) is 5.80. The minimum absolute atomic E-state index is 0.0331. The van der Waals surface area contributed by atoms with Gasteiger partial charge in [0.15, 0.2) is 0 Å². The molecule has 0 radical (unpaired) electrons. The Kier molecular flexibility index (Phi) is 5.43. The number of phosphoric ester groups is 1. The van der Waals surface area contributed by atoms with Gasteiger partial charge in [0.1, 0.15) is 0 Å². The number of rotatable bonds is 6. The molecule has 0 spiro atoms. The zero-order chi connectivity index (χ0) is 15.5. The molecule has 0 aliphatic heterocycles. The molecular weight excluding hydrogens is 291 g/mol. The van der Waals surface area contributed by atoms with Gasteiger partial charge < -0.3 is 14.9 Å². The zero-order valence-electron chi connectivity index (χ0n) is 11.0. The molecule has 9 nitrogen and oxygen atoms in total. The molecule has 2 atom stereocenters. The third-order valence-electron chi connectivity index (χ3n) is 2.59. The molecule has 1 heterocycles. The van der Waals surface area contributed by atoms with Crippen molar-refractivity contribution >= 4 is 7.82 Å². The molecule has 0 bridgehead atoms. The van der Waals surface area contributed by atoms with E-state index in [2.05, 4.69) is 9.51 Å². The predicted octanol–water partition coefficient (Wildman–Crippen LogP) is -0.734. The minimum atomic E-state index is -4.69. The van der Waals surface area contributed by atoms with E-state index in [9.17, 15) is 19.3 Å². The smallest absolute Gasteiger partial charge is 0.393 e. The van der Waals surface area contributed by atoms with Crippen molar-refractivity contribution in [1.29, 1.82) is 0 Å². The van der Waals surface area contributed by atoms with Gasteiger partial charge in [-0.15, -0.1) is 0 Å². The van der Waals surface area contributed by atoms with Crippen LogP contribution in [0.15, 0.2) is 15.8 Å². The van der Waals surface area contributed by atoms with Crippen LogP contribution in [0.4, 0.5) is 0 Å². The summed E-state index contributed by atoms with van der Waals surface area (Å²) >= 11 is 0. The van der Waals surface area contributed by atoms with Crippen molar-refractivity contribution in [2.75, 3.05) is 6.61 Å². The number of H-pyrrole nitrogens is 1. The number of aliphatic hydroxyl groups is 1. The largest absolute Gasteiger partial charge is 0.469 e. The highest BCUT2D eigenvalue weighted by Gasteiger charge is 2.22. The van der Waals surface area contributed by atoms with Crippen LogP contribution < -0.4 is 11.2 Å². The maximum absolute atomic E-state index is 11.7. The number of nitrogens with one attached hydrogen (secondary N) is 1. The second-order valence-corrected chi connectivity index (χ2v) is 5.74. The van der Waals surface area contributed by atoms with E-state index in [4.69, 9.17) is 9.79 Å². The van der Waals surface area contributed by atoms with E-state index in [-0.39, 0.29) is 12.0 Å². The fourth-order valence-corrected chi connectivity index (χ4v) is 2.06. The summed E-state index contributed by atoms with van der Waals surface area (Å²) in [4.78, 5) is 42.5. The molecule has 0 amide bonds. The van der Waals surface area contributed by atoms with Crippen molar-refractivity contribution in [1.82, 2.24) is 9.55 Å². The molecule has 0 aliphatic carbocycles. The summed E-state index contributed by atoms with van der Waals surface area (Å²) in [6.45, 7) is 2.48. The van der Waals surface area contributed by atoms with Crippen LogP contribution in [0, 0.1) is 6.92 Å². The second-order valence-electron chi connectivity index (χ2n) is 4.50. The van der Waals surface area contributed by atoms with Crippen molar-refractivity contribution in [2.45, 2.75) is 32.4 Å². The second kappa shape index (κ2) is 6.47. The highest BCUT2D eigenvalue weighted by Crippen LogP contribution is 2.37. The summed E-state index contributed by atoms with van der Waals surface area (Å²) in [6.07, 6.45) is 0.474. The minimum Gasteiger partial charge on any atom is -0.393 e. The van der Waals surface area contributed by atoms with E-state index in [0.29, 0.717) is 0 Å². The van der Waals surface area contributed by atoms with Gasteiger partial charge in [0.2, 0.25) is 0 Å². The molecule has 0 aromatic carbocycles. The zero-order valence-corrected chi connectivity index (χ0v) is 11.9. The topological polar surface area (TPSA) is 142 Å². The number of aromatic amines is 1. The SMILES string of the molecule is Cc1cn(C(COP(=O)(O)O)CC(C)O)c(=O)[nH]c1=O. The number of aromatic nitrogens is 2. The monoisotopic (exact) mass is 308 g/mol. The van der Waals surface area contributed by atoms with Crippen molar-refractivity contribution in [3.63, 3.8) is 0 Å². The van der Waals surface area contributed by atoms with Crippen LogP contribution >= 0.6 is 7.82 Å². The fourth-order valence-electron chi connectivity index (χ4n) is 1.70. The molecule has 1 aromatic rings. The lowest BCUT2D eigenvalue weighted by Crippen LogP contribution is -2.35. The van der Waals surface area contributed by atoms with Crippen molar-refractivity contribution < 1.29 is 24.0 Å². The van der Waals surface area contributed by atoms with Crippen LogP contribution in [-0.4, -0.2) is 37.2 Å². The number of aryl methyl sites for hydroxylation is 1. The molecule has 114 valence electrons. The Morgan fingerprint density at radius 1 is 1.45 bits per heavy atom. The van der Waals surface area contributed by atoms with Crippen LogP contribution in [-0.2, 0) is 9.09 Å². The number of aliphatic hydroxyl groups excluding tert-OH is 1. The van der Waals surface area contributed by atoms with Crippen LogP contribution in [0.5, 0.6) is 0 Å². The molecule has 4 N–H and O–H groups in total. The first kappa shape index (κ1) is 16.8. The maximum atomic E-state index is 11.7. The number of phosphoric acid groups is 1. The van der Waals surface area contributed by atoms with Crippen LogP contribution in [0.3, 0.4) is 0 Å². The normalized spacial score (nSPS) is 15.1. The number of hydrogen-bond donors (Lipinski definition) is 4. The van der Waals surface area contributed by atoms with Gasteiger partial charge in [-0.1, -0.05) is 0 Å². The highest BCUT2D eigenvalue weighted by atomic mass is 31.2. The third-order valence-corrected chi connectivity index (χ3v) is 3.07. The predicted molar refractivity (Wildman–Crippen MR) is 69.4 cm³/mol. The standard InChI is InChI=1S/C10H17N2O7P/c1-6-4-12(10(15)11-9(6)14)8(3-7(2)13)5-19-20(16,17)18/h4,7-8,13H,3,5H2,1-2H3,(H,11,14,15)(H2,16,17,18). The summed E-state index contributed by atoms with van der Waals surface area (Å²) in [5.74, 6) is 0. The van der Waals surface area contributed by atoms with Gasteiger partial charge in [0, 0.05) is 11.8 Å². The summed E-state index contributed by atoms with van der Waals surface area (Å²) in [6, 6.07) is -0.814. The molecule has 10 heteroatoms. The molecule has 0 saturated carbocycles. The number of nitrogens with zero attached hydrogens (tertiary/aromatic N) is 1. The van der Waals surface area contributed by atoms with E-state index in [1.165, 1.54) is 20.0 Å². The van der Waals surface area contributed by atoms with E-state index in [1.54, 1.807) is 0 Å². The van der Waals surface area contributed by atoms with Gasteiger partial charge in [-0.3, -0.25) is 18.9 Å². The lowest BCUT2D eigenvalue weighted by molar-refractivity contribution is 0.118. The van der Waals surface area contributed by atoms with Gasteiger partial charge in [0.05, 0.1) is 18.8 Å². The Hall–Kier alpha value is -1.25. The average Bonchev–Trinajstić information content (AvgIpc) is 2.28. The lowest BCUT2D eigenvalue weighted by atomic mass is 10.1. The van der Waals surface area contributed by atoms with E-state index >= 15 is 0 Å². The third kappa shape index (κ3) is 5.03. The van der Waals surface area contributed by atoms with Gasteiger partial charge in [-0.2, -0.15) is 0 Å². The van der Waals surface area contributed by atoms with Crippen molar-refractivity contribution in [2.24, 2.45) is 0 Å². The summed E-state index contributed by atoms with van der Waals surface area (Å²) in [5.41, 5.74) is -1.02. The quantitative estimate of drug-likeness (QED) is 0.507. The van der Waals surface area contributed by atoms with Crippen molar-refractivity contribution in [3.05, 3.63) is 32.6 Å². The fraction of sp³-hybridized carbons (Fsp3) is 0.600. The molecule has 1 aromatic heterocycles. The number of hydrogen-bond acceptors (Lipinski definition) is 5. The summed E-state index contributed by atoms with van der Waals surface area (Å²) in [5, 5.41) is 9.39. The Morgan fingerprint density at radius 3 is 2.55 bits per heavy atom. The molecule has 0 saturated heterocycles. The van der Waals surface area contributed by atoms with E-state index < -0.39 is 37.8 Å². The Bertz CT molecular complexity index is 615. The first-order chi connectivity index (χ1) is 9.10. The van der Waals surface area contributed by atoms with E-state index in [0.717, 1.165) is 4.57 Å². The maximum Gasteiger partial charge on any atom is 0.469 e. The van der Waals surface area contributed by atoms with Crippen LogP contribution in [0.2, 0.25) is 0 Å². The van der Waals surface area contributed by atoms with Crippen LogP contribution in [0.1, 0.15) is 24.9 Å².